The van der Waals surface area contributed by atoms with E-state index in [1.807, 2.05) is 47.6 Å². The van der Waals surface area contributed by atoms with Crippen molar-refractivity contribution in [2.24, 2.45) is 0 Å². The molecule has 0 saturated carbocycles. The second-order valence-electron chi connectivity index (χ2n) is 5.31. The van der Waals surface area contributed by atoms with Gasteiger partial charge in [0.2, 0.25) is 5.91 Å². The van der Waals surface area contributed by atoms with Crippen LogP contribution in [-0.2, 0) is 16.1 Å². The lowest BCUT2D eigenvalue weighted by atomic mass is 10.2. The number of rotatable bonds is 9. The molecule has 25 heavy (non-hydrogen) atoms. The third kappa shape index (κ3) is 5.20. The van der Waals surface area contributed by atoms with E-state index in [2.05, 4.69) is 10.2 Å². The van der Waals surface area contributed by atoms with E-state index in [1.54, 1.807) is 7.11 Å². The molecule has 6 nitrogen and oxygen atoms in total. The number of hydrogen-bond acceptors (Lipinski definition) is 5. The molecule has 2 rings (SSSR count). The molecular formula is C17H23ClN4O2S. The summed E-state index contributed by atoms with van der Waals surface area (Å²) in [5, 5.41) is 9.95. The standard InChI is InChI=1S/C17H23ClN4O2S/c1-4-21(5-2)15(23)12-25-17-20-19-16(22(17)10-11-24-3)13-6-8-14(18)9-7-13/h6-9H,4-5,10-12H2,1-3H3. The topological polar surface area (TPSA) is 60.2 Å². The molecule has 0 N–H and O–H groups in total. The molecule has 0 spiro atoms. The van der Waals surface area contributed by atoms with Crippen LogP contribution in [0.1, 0.15) is 13.8 Å². The van der Waals surface area contributed by atoms with Gasteiger partial charge in [-0.3, -0.25) is 9.36 Å². The van der Waals surface area contributed by atoms with Crippen molar-refractivity contribution in [1.82, 2.24) is 19.7 Å². The summed E-state index contributed by atoms with van der Waals surface area (Å²) in [4.78, 5) is 14.0. The van der Waals surface area contributed by atoms with Crippen LogP contribution in [0.25, 0.3) is 11.4 Å². The lowest BCUT2D eigenvalue weighted by molar-refractivity contribution is -0.127. The van der Waals surface area contributed by atoms with Crippen molar-refractivity contribution in [1.29, 1.82) is 0 Å². The van der Waals surface area contributed by atoms with Gasteiger partial charge in [-0.25, -0.2) is 0 Å². The first kappa shape index (κ1) is 19.8. The summed E-state index contributed by atoms with van der Waals surface area (Å²) >= 11 is 7.36. The fourth-order valence-electron chi connectivity index (χ4n) is 2.39. The average molecular weight is 383 g/mol. The summed E-state index contributed by atoms with van der Waals surface area (Å²) in [6.07, 6.45) is 0. The first-order valence-electron chi connectivity index (χ1n) is 8.19. The number of carbonyl (C=O) groups excluding carboxylic acids is 1. The molecule has 0 unspecified atom stereocenters. The molecule has 0 bridgehead atoms. The molecule has 1 heterocycles. The molecule has 0 aliphatic carbocycles. The quantitative estimate of drug-likeness (QED) is 0.623. The summed E-state index contributed by atoms with van der Waals surface area (Å²) < 4.78 is 7.18. The Bertz CT molecular complexity index is 686. The predicted octanol–water partition coefficient (Wildman–Crippen LogP) is 3.21. The maximum absolute atomic E-state index is 12.2. The molecule has 2 aromatic rings. The third-order valence-corrected chi connectivity index (χ3v) is 4.98. The number of amides is 1. The molecule has 0 saturated heterocycles. The van der Waals surface area contributed by atoms with Gasteiger partial charge in [0.15, 0.2) is 11.0 Å². The minimum Gasteiger partial charge on any atom is -0.383 e. The molecule has 1 aromatic carbocycles. The number of nitrogens with zero attached hydrogens (tertiary/aromatic N) is 4. The highest BCUT2D eigenvalue weighted by Gasteiger charge is 2.17. The van der Waals surface area contributed by atoms with E-state index in [0.29, 0.717) is 42.2 Å². The Morgan fingerprint density at radius 3 is 2.52 bits per heavy atom. The first-order chi connectivity index (χ1) is 12.1. The number of thioether (sulfide) groups is 1. The predicted molar refractivity (Wildman–Crippen MR) is 101 cm³/mol. The van der Waals surface area contributed by atoms with Crippen molar-refractivity contribution in [3.63, 3.8) is 0 Å². The van der Waals surface area contributed by atoms with Gasteiger partial charge in [-0.1, -0.05) is 23.4 Å². The fourth-order valence-corrected chi connectivity index (χ4v) is 3.38. The summed E-state index contributed by atoms with van der Waals surface area (Å²) in [7, 11) is 1.66. The van der Waals surface area contributed by atoms with Crippen molar-refractivity contribution in [3.05, 3.63) is 29.3 Å². The molecule has 136 valence electrons. The maximum atomic E-state index is 12.2. The highest BCUT2D eigenvalue weighted by atomic mass is 35.5. The van der Waals surface area contributed by atoms with Gasteiger partial charge in [-0.15, -0.1) is 10.2 Å². The molecular weight excluding hydrogens is 360 g/mol. The van der Waals surface area contributed by atoms with Gasteiger partial charge in [0.1, 0.15) is 0 Å². The van der Waals surface area contributed by atoms with Crippen LogP contribution in [0.3, 0.4) is 0 Å². The van der Waals surface area contributed by atoms with Crippen LogP contribution in [0, 0.1) is 0 Å². The van der Waals surface area contributed by atoms with E-state index < -0.39 is 0 Å². The number of aromatic nitrogens is 3. The number of ether oxygens (including phenoxy) is 1. The lowest BCUT2D eigenvalue weighted by Gasteiger charge is -2.18. The minimum absolute atomic E-state index is 0.101. The zero-order valence-electron chi connectivity index (χ0n) is 14.7. The Hall–Kier alpha value is -1.57. The van der Waals surface area contributed by atoms with Crippen LogP contribution in [0.5, 0.6) is 0 Å². The van der Waals surface area contributed by atoms with Crippen molar-refractivity contribution >= 4 is 29.3 Å². The lowest BCUT2D eigenvalue weighted by Crippen LogP contribution is -2.32. The van der Waals surface area contributed by atoms with Gasteiger partial charge in [0, 0.05) is 30.8 Å². The monoisotopic (exact) mass is 382 g/mol. The van der Waals surface area contributed by atoms with Crippen LogP contribution >= 0.6 is 23.4 Å². The zero-order valence-corrected chi connectivity index (χ0v) is 16.3. The first-order valence-corrected chi connectivity index (χ1v) is 9.55. The maximum Gasteiger partial charge on any atom is 0.233 e. The number of carbonyl (C=O) groups is 1. The molecule has 1 amide bonds. The Morgan fingerprint density at radius 1 is 1.24 bits per heavy atom. The summed E-state index contributed by atoms with van der Waals surface area (Å²) in [6, 6.07) is 7.46. The Kier molecular flexibility index (Phi) is 7.74. The Morgan fingerprint density at radius 2 is 1.92 bits per heavy atom. The number of halogens is 1. The SMILES string of the molecule is CCN(CC)C(=O)CSc1nnc(-c2ccc(Cl)cc2)n1CCOC. The van der Waals surface area contributed by atoms with Gasteiger partial charge in [0.05, 0.1) is 18.9 Å². The smallest absolute Gasteiger partial charge is 0.233 e. The normalized spacial score (nSPS) is 10.9. The van der Waals surface area contributed by atoms with Gasteiger partial charge < -0.3 is 9.64 Å². The molecule has 0 fully saturated rings. The summed E-state index contributed by atoms with van der Waals surface area (Å²) in [6.45, 7) is 6.53. The Balaban J connectivity index is 2.20. The summed E-state index contributed by atoms with van der Waals surface area (Å²) in [5.41, 5.74) is 0.926. The van der Waals surface area contributed by atoms with E-state index in [4.69, 9.17) is 16.3 Å². The zero-order chi connectivity index (χ0) is 18.2. The molecule has 1 aromatic heterocycles. The second kappa shape index (κ2) is 9.79. The number of hydrogen-bond donors (Lipinski definition) is 0. The average Bonchev–Trinajstić information content (AvgIpc) is 3.02. The highest BCUT2D eigenvalue weighted by molar-refractivity contribution is 7.99. The van der Waals surface area contributed by atoms with Crippen LogP contribution < -0.4 is 0 Å². The number of methoxy groups -OCH3 is 1. The van der Waals surface area contributed by atoms with Crippen molar-refractivity contribution in [3.8, 4) is 11.4 Å². The van der Waals surface area contributed by atoms with Crippen molar-refractivity contribution < 1.29 is 9.53 Å². The molecule has 0 radical (unpaired) electrons. The Labute approximate surface area is 157 Å². The van der Waals surface area contributed by atoms with Gasteiger partial charge in [0.25, 0.3) is 0 Å². The van der Waals surface area contributed by atoms with Crippen molar-refractivity contribution in [2.45, 2.75) is 25.5 Å². The fraction of sp³-hybridized carbons (Fsp3) is 0.471. The van der Waals surface area contributed by atoms with Gasteiger partial charge in [-0.2, -0.15) is 0 Å². The van der Waals surface area contributed by atoms with Crippen molar-refractivity contribution in [2.75, 3.05) is 32.6 Å². The van der Waals surface area contributed by atoms with Crippen LogP contribution in [-0.4, -0.2) is 58.1 Å². The van der Waals surface area contributed by atoms with E-state index in [9.17, 15) is 4.79 Å². The molecule has 0 aliphatic heterocycles. The highest BCUT2D eigenvalue weighted by Crippen LogP contribution is 2.25. The molecule has 0 aliphatic rings. The minimum atomic E-state index is 0.101. The van der Waals surface area contributed by atoms with Gasteiger partial charge in [-0.05, 0) is 38.1 Å². The summed E-state index contributed by atoms with van der Waals surface area (Å²) in [5.74, 6) is 1.18. The van der Waals surface area contributed by atoms with Crippen LogP contribution in [0.15, 0.2) is 29.4 Å². The van der Waals surface area contributed by atoms with E-state index in [1.165, 1.54) is 11.8 Å². The van der Waals surface area contributed by atoms with Crippen LogP contribution in [0.2, 0.25) is 5.02 Å². The molecule has 8 heteroatoms. The van der Waals surface area contributed by atoms with E-state index in [0.717, 1.165) is 11.4 Å². The van der Waals surface area contributed by atoms with Gasteiger partial charge >= 0.3 is 0 Å². The van der Waals surface area contributed by atoms with E-state index in [-0.39, 0.29) is 5.91 Å². The van der Waals surface area contributed by atoms with E-state index >= 15 is 0 Å². The second-order valence-corrected chi connectivity index (χ2v) is 6.69. The van der Waals surface area contributed by atoms with Crippen LogP contribution in [0.4, 0.5) is 0 Å². The third-order valence-electron chi connectivity index (χ3n) is 3.78. The molecule has 0 atom stereocenters. The largest absolute Gasteiger partial charge is 0.383 e. The number of benzene rings is 1.